The van der Waals surface area contributed by atoms with Gasteiger partial charge in [-0.2, -0.15) is 4.58 Å². The van der Waals surface area contributed by atoms with Gasteiger partial charge in [0.2, 0.25) is 5.69 Å². The summed E-state index contributed by atoms with van der Waals surface area (Å²) in [7, 11) is 0. The first-order valence-electron chi connectivity index (χ1n) is 20.9. The summed E-state index contributed by atoms with van der Waals surface area (Å²) in [6.45, 7) is 5.07. The zero-order valence-electron chi connectivity index (χ0n) is 34.0. The Morgan fingerprint density at radius 2 is 1.19 bits per heavy atom. The SMILES string of the molecule is CC1(Cc2ccccc2)C(/C=C/C=C/C=C2\C(CCCCC(=O)O)c3ccc4ccccc4c3C2(C)Cc2ccccc2)=[N+](CCC(=O)O)c2ccc3ccccc3c21. The first-order valence-corrected chi connectivity index (χ1v) is 20.9. The van der Waals surface area contributed by atoms with Gasteiger partial charge in [-0.25, -0.2) is 0 Å². The maximum absolute atomic E-state index is 12.0. The first-order chi connectivity index (χ1) is 28.7. The van der Waals surface area contributed by atoms with Gasteiger partial charge in [-0.15, -0.1) is 0 Å². The van der Waals surface area contributed by atoms with Crippen molar-refractivity contribution in [2.75, 3.05) is 6.54 Å². The van der Waals surface area contributed by atoms with Crippen molar-refractivity contribution in [2.24, 2.45) is 0 Å². The van der Waals surface area contributed by atoms with E-state index in [4.69, 9.17) is 0 Å². The Morgan fingerprint density at radius 3 is 1.83 bits per heavy atom. The molecule has 296 valence electrons. The monoisotopic (exact) mass is 778 g/mol. The molecule has 1 aliphatic carbocycles. The second kappa shape index (κ2) is 16.9. The molecule has 8 rings (SSSR count). The van der Waals surface area contributed by atoms with Gasteiger partial charge in [-0.05, 0) is 82.5 Å². The smallest absolute Gasteiger partial charge is 0.309 e. The molecule has 1 heterocycles. The molecule has 0 radical (unpaired) electrons. The summed E-state index contributed by atoms with van der Waals surface area (Å²) in [5.41, 5.74) is 9.20. The minimum absolute atomic E-state index is 0.0239. The average Bonchev–Trinajstić information content (AvgIpc) is 3.62. The number of rotatable bonds is 15. The maximum atomic E-state index is 12.0. The number of fused-ring (bicyclic) bond motifs is 6. The Morgan fingerprint density at radius 1 is 0.610 bits per heavy atom. The highest BCUT2D eigenvalue weighted by molar-refractivity contribution is 6.08. The second-order valence-electron chi connectivity index (χ2n) is 16.7. The van der Waals surface area contributed by atoms with Crippen molar-refractivity contribution < 1.29 is 24.4 Å². The Kier molecular flexibility index (Phi) is 11.3. The molecule has 2 N–H and O–H groups in total. The zero-order valence-corrected chi connectivity index (χ0v) is 34.0. The predicted molar refractivity (Wildman–Crippen MR) is 240 cm³/mol. The number of carboxylic acid groups (broad SMARTS) is 2. The second-order valence-corrected chi connectivity index (χ2v) is 16.7. The van der Waals surface area contributed by atoms with E-state index in [1.165, 1.54) is 54.9 Å². The van der Waals surface area contributed by atoms with Crippen molar-refractivity contribution in [3.05, 3.63) is 197 Å². The lowest BCUT2D eigenvalue weighted by molar-refractivity contribution is -0.436. The molecular formula is C54H52NO4+. The molecule has 5 nitrogen and oxygen atoms in total. The molecule has 5 heteroatoms. The summed E-state index contributed by atoms with van der Waals surface area (Å²) in [5.74, 6) is -1.42. The highest BCUT2D eigenvalue weighted by atomic mass is 16.4. The summed E-state index contributed by atoms with van der Waals surface area (Å²) in [6, 6.07) is 47.3. The minimum Gasteiger partial charge on any atom is -0.481 e. The van der Waals surface area contributed by atoms with Crippen LogP contribution in [0, 0.1) is 0 Å². The predicted octanol–water partition coefficient (Wildman–Crippen LogP) is 12.0. The van der Waals surface area contributed by atoms with E-state index < -0.39 is 17.4 Å². The van der Waals surface area contributed by atoms with Crippen LogP contribution in [0.2, 0.25) is 0 Å². The van der Waals surface area contributed by atoms with Gasteiger partial charge in [0.05, 0.1) is 5.41 Å². The summed E-state index contributed by atoms with van der Waals surface area (Å²) in [5, 5.41) is 24.2. The van der Waals surface area contributed by atoms with Gasteiger partial charge >= 0.3 is 11.9 Å². The molecule has 3 unspecified atom stereocenters. The average molecular weight is 779 g/mol. The fourth-order valence-corrected chi connectivity index (χ4v) is 10.2. The Bertz CT molecular complexity index is 2650. The Balaban J connectivity index is 1.22. The lowest BCUT2D eigenvalue weighted by Crippen LogP contribution is -2.34. The third-order valence-corrected chi connectivity index (χ3v) is 12.7. The fraction of sp³-hybridized carbons (Fsp3) is 0.241. The molecule has 2 aliphatic rings. The van der Waals surface area contributed by atoms with Crippen LogP contribution in [0.25, 0.3) is 21.5 Å². The van der Waals surface area contributed by atoms with Crippen LogP contribution in [0.1, 0.15) is 79.7 Å². The number of aliphatic carboxylic acids is 2. The largest absolute Gasteiger partial charge is 0.481 e. The van der Waals surface area contributed by atoms with Gasteiger partial charge in [-0.1, -0.05) is 165 Å². The standard InChI is InChI=1S/C54H51NO4/c1-53(36-38-18-6-3-7-19-38)46(44(26-16-17-29-49(56)57)45-32-30-40-22-12-14-24-42(40)51(45)53)27-10-5-11-28-48-54(2,37-39-20-8-4-9-21-39)52-43-25-15-13-23-41(43)31-33-47(52)55(48)35-34-50(58)59/h3-15,18-25,27-28,30-33,44H,16-17,26,29,34-37H2,1-2H3,(H-,56,57,58,59)/p+1/b10-5+,28-11+,46-27+. The van der Waals surface area contributed by atoms with Crippen molar-refractivity contribution in [1.82, 2.24) is 0 Å². The highest BCUT2D eigenvalue weighted by Gasteiger charge is 2.49. The molecule has 6 aromatic rings. The van der Waals surface area contributed by atoms with Crippen LogP contribution >= 0.6 is 0 Å². The van der Waals surface area contributed by atoms with Crippen LogP contribution in [0.4, 0.5) is 5.69 Å². The number of allylic oxidation sites excluding steroid dienone is 6. The quantitative estimate of drug-likeness (QED) is 0.0618. The van der Waals surface area contributed by atoms with Crippen molar-refractivity contribution >= 4 is 44.9 Å². The van der Waals surface area contributed by atoms with Crippen molar-refractivity contribution in [2.45, 2.75) is 75.5 Å². The van der Waals surface area contributed by atoms with Crippen LogP contribution in [0.15, 0.2) is 169 Å². The first kappa shape index (κ1) is 39.5. The zero-order chi connectivity index (χ0) is 41.0. The molecule has 0 saturated heterocycles. The van der Waals surface area contributed by atoms with E-state index in [1.54, 1.807) is 0 Å². The number of unbranched alkanes of at least 4 members (excludes halogenated alkanes) is 1. The Labute approximate surface area is 347 Å². The maximum Gasteiger partial charge on any atom is 0.309 e. The highest BCUT2D eigenvalue weighted by Crippen LogP contribution is 2.56. The molecule has 0 bridgehead atoms. The lowest BCUT2D eigenvalue weighted by Gasteiger charge is -2.30. The number of carboxylic acids is 2. The summed E-state index contributed by atoms with van der Waals surface area (Å²) >= 11 is 0. The van der Waals surface area contributed by atoms with E-state index in [1.807, 2.05) is 6.07 Å². The van der Waals surface area contributed by atoms with Gasteiger partial charge in [0, 0.05) is 35.5 Å². The fourth-order valence-electron chi connectivity index (χ4n) is 10.2. The summed E-state index contributed by atoms with van der Waals surface area (Å²) < 4.78 is 2.23. The van der Waals surface area contributed by atoms with Crippen LogP contribution < -0.4 is 0 Å². The van der Waals surface area contributed by atoms with Crippen LogP contribution in [0.3, 0.4) is 0 Å². The Hall–Kier alpha value is -6.33. The van der Waals surface area contributed by atoms with E-state index in [2.05, 4.69) is 176 Å². The van der Waals surface area contributed by atoms with Crippen molar-refractivity contribution in [3.63, 3.8) is 0 Å². The van der Waals surface area contributed by atoms with Crippen LogP contribution in [-0.4, -0.2) is 39.0 Å². The third-order valence-electron chi connectivity index (χ3n) is 12.7. The molecule has 0 amide bonds. The van der Waals surface area contributed by atoms with E-state index >= 15 is 0 Å². The number of hydrogen-bond donors (Lipinski definition) is 2. The van der Waals surface area contributed by atoms with Gasteiger partial charge < -0.3 is 10.2 Å². The lowest BCUT2D eigenvalue weighted by atomic mass is 9.72. The van der Waals surface area contributed by atoms with Crippen LogP contribution in [-0.2, 0) is 33.3 Å². The number of nitrogens with zero attached hydrogens (tertiary/aromatic N) is 1. The third kappa shape index (κ3) is 7.82. The molecule has 1 aliphatic heterocycles. The van der Waals surface area contributed by atoms with Crippen LogP contribution in [0.5, 0.6) is 0 Å². The molecular weight excluding hydrogens is 727 g/mol. The van der Waals surface area contributed by atoms with Crippen molar-refractivity contribution in [1.29, 1.82) is 0 Å². The number of benzene rings is 6. The van der Waals surface area contributed by atoms with E-state index in [0.717, 1.165) is 37.1 Å². The number of carbonyl (C=O) groups is 2. The topological polar surface area (TPSA) is 77.6 Å². The molecule has 0 aromatic heterocycles. The molecule has 3 atom stereocenters. The molecule has 59 heavy (non-hydrogen) atoms. The summed E-state index contributed by atoms with van der Waals surface area (Å²) in [4.78, 5) is 23.5. The minimum atomic E-state index is -0.819. The molecule has 0 spiro atoms. The van der Waals surface area contributed by atoms with E-state index in [-0.39, 0.29) is 24.2 Å². The normalized spacial score (nSPS) is 20.6. The van der Waals surface area contributed by atoms with E-state index in [9.17, 15) is 19.8 Å². The molecule has 6 aromatic carbocycles. The molecule has 0 saturated carbocycles. The van der Waals surface area contributed by atoms with Gasteiger partial charge in [0.25, 0.3) is 0 Å². The van der Waals surface area contributed by atoms with E-state index in [0.29, 0.717) is 13.0 Å². The van der Waals surface area contributed by atoms with Gasteiger partial charge in [0.1, 0.15) is 6.42 Å². The summed E-state index contributed by atoms with van der Waals surface area (Å²) in [6.07, 6.45) is 15.1. The van der Waals surface area contributed by atoms with Crippen molar-refractivity contribution in [3.8, 4) is 0 Å². The van der Waals surface area contributed by atoms with Gasteiger partial charge in [-0.3, -0.25) is 9.59 Å². The van der Waals surface area contributed by atoms with Gasteiger partial charge in [0.15, 0.2) is 12.3 Å². The number of hydrogen-bond acceptors (Lipinski definition) is 2. The molecule has 0 fully saturated rings.